The fourth-order valence-corrected chi connectivity index (χ4v) is 10.4. The Morgan fingerprint density at radius 1 is 0.287 bits per heavy atom. The Bertz CT molecular complexity index is 4260. The molecule has 7 heteroatoms. The van der Waals surface area contributed by atoms with E-state index in [1.54, 1.807) is 6.07 Å². The van der Waals surface area contributed by atoms with Gasteiger partial charge in [-0.15, -0.1) is 0 Å². The van der Waals surface area contributed by atoms with E-state index in [1.165, 1.54) is 43.6 Å². The Balaban J connectivity index is 0.000000141. The Morgan fingerprint density at radius 2 is 0.637 bits per heavy atom. The first kappa shape index (κ1) is 52.0. The lowest BCUT2D eigenvalue weighted by Gasteiger charge is -2.14. The summed E-state index contributed by atoms with van der Waals surface area (Å²) in [5.74, 6) is 5.02. The number of fused-ring (bicyclic) bond motifs is 6. The fourth-order valence-electron chi connectivity index (χ4n) is 10.0. The van der Waals surface area contributed by atoms with Crippen LogP contribution in [0.2, 0.25) is 0 Å². The van der Waals surface area contributed by atoms with E-state index in [0.717, 1.165) is 72.6 Å². The first-order chi connectivity index (χ1) is 39.0. The predicted molar refractivity (Wildman–Crippen MR) is 335 cm³/mol. The third-order valence-electron chi connectivity index (χ3n) is 13.6. The van der Waals surface area contributed by atoms with Gasteiger partial charge in [-0.25, -0.2) is 0 Å². The minimum atomic E-state index is 0. The van der Waals surface area contributed by atoms with Crippen LogP contribution in [0.5, 0.6) is 40.2 Å². The largest absolute Gasteiger partial charge is 0.507 e. The van der Waals surface area contributed by atoms with Gasteiger partial charge in [-0.3, -0.25) is 0 Å². The zero-order valence-corrected chi connectivity index (χ0v) is 44.4. The number of hydrogen-bond acceptors (Lipinski definition) is 4. The molecule has 1 N–H and O–H groups in total. The molecule has 6 nitrogen and oxygen atoms in total. The smallest absolute Gasteiger partial charge is 0.135 e. The van der Waals surface area contributed by atoms with Crippen LogP contribution in [-0.2, 0) is 0 Å². The minimum Gasteiger partial charge on any atom is -0.507 e. The van der Waals surface area contributed by atoms with E-state index in [4.69, 9.17) is 14.2 Å². The van der Waals surface area contributed by atoms with Crippen molar-refractivity contribution in [3.63, 3.8) is 0 Å². The highest BCUT2D eigenvalue weighted by Crippen LogP contribution is 2.38. The molecule has 0 atom stereocenters. The quantitative estimate of drug-likeness (QED) is 0.148. The SMILES string of the molecule is Brc1cccc(Oc2ccccc2)c1.C.Oc1ccccc1-c1ccc(-n2c3ccccc3c3ccccc32)cc1.c1ccc(Oc2cccc(Oc3ccccc3-c3ccc(-n4c5ccccc5c5ccccc54)cc3)c2)cc1. The highest BCUT2D eigenvalue weighted by Gasteiger charge is 2.15. The molecule has 0 amide bonds. The van der Waals surface area contributed by atoms with E-state index in [-0.39, 0.29) is 7.43 Å². The van der Waals surface area contributed by atoms with Crippen LogP contribution in [0.1, 0.15) is 7.43 Å². The second-order valence-electron chi connectivity index (χ2n) is 18.7. The van der Waals surface area contributed by atoms with Crippen LogP contribution < -0.4 is 14.2 Å². The first-order valence-corrected chi connectivity index (χ1v) is 26.8. The van der Waals surface area contributed by atoms with Gasteiger partial charge < -0.3 is 28.5 Å². The molecule has 0 aliphatic rings. The van der Waals surface area contributed by atoms with Crippen LogP contribution in [0.15, 0.2) is 308 Å². The van der Waals surface area contributed by atoms with E-state index in [0.29, 0.717) is 5.75 Å². The summed E-state index contributed by atoms with van der Waals surface area (Å²) in [5, 5.41) is 15.1. The van der Waals surface area contributed by atoms with Crippen molar-refractivity contribution in [3.05, 3.63) is 308 Å². The third kappa shape index (κ3) is 11.3. The summed E-state index contributed by atoms with van der Waals surface area (Å²) in [7, 11) is 0. The highest BCUT2D eigenvalue weighted by molar-refractivity contribution is 9.10. The van der Waals surface area contributed by atoms with Crippen molar-refractivity contribution in [2.24, 2.45) is 0 Å². The average molecular weight is 1100 g/mol. The van der Waals surface area contributed by atoms with E-state index in [9.17, 15) is 5.11 Å². The molecule has 0 radical (unpaired) electrons. The summed E-state index contributed by atoms with van der Waals surface area (Å²) < 4.78 is 23.6. The maximum absolute atomic E-state index is 10.1. The highest BCUT2D eigenvalue weighted by atomic mass is 79.9. The number of aromatic nitrogens is 2. The fraction of sp³-hybridized carbons (Fsp3) is 0.0137. The van der Waals surface area contributed by atoms with Gasteiger partial charge in [-0.05, 0) is 126 Å². The van der Waals surface area contributed by atoms with Gasteiger partial charge in [0.05, 0.1) is 22.1 Å². The Hall–Kier alpha value is -10.1. The number of halogens is 1. The molecule has 80 heavy (non-hydrogen) atoms. The molecule has 14 aromatic rings. The van der Waals surface area contributed by atoms with Crippen molar-refractivity contribution < 1.29 is 19.3 Å². The van der Waals surface area contributed by atoms with Gasteiger partial charge in [0.15, 0.2) is 0 Å². The summed E-state index contributed by atoms with van der Waals surface area (Å²) in [6.45, 7) is 0. The van der Waals surface area contributed by atoms with Crippen molar-refractivity contribution in [1.82, 2.24) is 9.13 Å². The van der Waals surface area contributed by atoms with Crippen molar-refractivity contribution >= 4 is 59.5 Å². The molecule has 0 fully saturated rings. The number of ether oxygens (including phenoxy) is 3. The molecule has 2 aromatic heterocycles. The number of aromatic hydroxyl groups is 1. The normalized spacial score (nSPS) is 10.8. The monoisotopic (exact) mass is 1100 g/mol. The van der Waals surface area contributed by atoms with Crippen LogP contribution >= 0.6 is 15.9 Å². The molecule has 14 rings (SSSR count). The molecule has 0 bridgehead atoms. The second-order valence-corrected chi connectivity index (χ2v) is 19.6. The molecule has 0 saturated heterocycles. The molecule has 388 valence electrons. The molecule has 0 saturated carbocycles. The molecule has 2 heterocycles. The number of hydrogen-bond donors (Lipinski definition) is 1. The van der Waals surface area contributed by atoms with Gasteiger partial charge in [0, 0.05) is 54.6 Å². The van der Waals surface area contributed by atoms with E-state index in [2.05, 4.69) is 177 Å². The number of phenolic OH excluding ortho intramolecular Hbond substituents is 1. The van der Waals surface area contributed by atoms with Gasteiger partial charge in [-0.1, -0.05) is 205 Å². The third-order valence-corrected chi connectivity index (χ3v) is 14.1. The molecular weight excluding hydrogens is 1050 g/mol. The average Bonchev–Trinajstić information content (AvgIpc) is 4.24. The van der Waals surface area contributed by atoms with Crippen LogP contribution in [-0.4, -0.2) is 14.2 Å². The zero-order chi connectivity index (χ0) is 53.3. The summed E-state index contributed by atoms with van der Waals surface area (Å²) in [5.41, 5.74) is 11.0. The standard InChI is InChI=1S/C36H25NO2.C24H17NO.C12H9BrO.CH4/c1-2-11-28(12-3-1)38-29-13-10-14-30(25-29)39-36-20-9-6-15-31(36)26-21-23-27(24-22-26)37-34-18-7-4-16-32(34)33-17-5-8-19-35(33)37;26-24-12-6-3-7-19(24)17-13-15-18(16-14-17)25-22-10-4-1-8-20(22)21-9-2-5-11-23(21)25;13-10-5-4-8-12(9-10)14-11-6-2-1-3-7-11;/h1-25H;1-16,26H;1-9H;1H4. The number of phenols is 1. The van der Waals surface area contributed by atoms with Crippen LogP contribution in [0.3, 0.4) is 0 Å². The summed E-state index contributed by atoms with van der Waals surface area (Å²) >= 11 is 3.40. The van der Waals surface area contributed by atoms with Crippen molar-refractivity contribution in [2.45, 2.75) is 7.43 Å². The van der Waals surface area contributed by atoms with Gasteiger partial charge >= 0.3 is 0 Å². The number of rotatable bonds is 10. The van der Waals surface area contributed by atoms with Crippen LogP contribution in [0.4, 0.5) is 0 Å². The molecular formula is C73H55BrN2O4. The lowest BCUT2D eigenvalue weighted by molar-refractivity contribution is 0.461. The van der Waals surface area contributed by atoms with Crippen LogP contribution in [0.25, 0.3) is 77.2 Å². The summed E-state index contributed by atoms with van der Waals surface area (Å²) in [4.78, 5) is 0. The van der Waals surface area contributed by atoms with E-state index in [1.807, 2.05) is 146 Å². The molecule has 0 aliphatic carbocycles. The lowest BCUT2D eigenvalue weighted by Crippen LogP contribution is -1.94. The Morgan fingerprint density at radius 3 is 1.10 bits per heavy atom. The molecule has 0 spiro atoms. The first-order valence-electron chi connectivity index (χ1n) is 26.0. The molecule has 0 unspecified atom stereocenters. The number of para-hydroxylation sites is 8. The van der Waals surface area contributed by atoms with Gasteiger partial charge in [0.2, 0.25) is 0 Å². The summed E-state index contributed by atoms with van der Waals surface area (Å²) in [6, 6.07) is 102. The number of benzene rings is 12. The van der Waals surface area contributed by atoms with Crippen molar-refractivity contribution in [1.29, 1.82) is 0 Å². The summed E-state index contributed by atoms with van der Waals surface area (Å²) in [6.07, 6.45) is 0. The second kappa shape index (κ2) is 24.1. The Labute approximate surface area is 474 Å². The van der Waals surface area contributed by atoms with E-state index >= 15 is 0 Å². The predicted octanol–water partition coefficient (Wildman–Crippen LogP) is 21.1. The van der Waals surface area contributed by atoms with Gasteiger partial charge in [0.25, 0.3) is 0 Å². The Kier molecular flexibility index (Phi) is 15.6. The minimum absolute atomic E-state index is 0. The molecule has 12 aromatic carbocycles. The number of nitrogens with zero attached hydrogens (tertiary/aromatic N) is 2. The molecule has 0 aliphatic heterocycles. The topological polar surface area (TPSA) is 57.8 Å². The van der Waals surface area contributed by atoms with Crippen LogP contribution in [0, 0.1) is 0 Å². The maximum Gasteiger partial charge on any atom is 0.135 e. The van der Waals surface area contributed by atoms with Gasteiger partial charge in [0.1, 0.15) is 40.2 Å². The maximum atomic E-state index is 10.1. The lowest BCUT2D eigenvalue weighted by atomic mass is 10.0. The van der Waals surface area contributed by atoms with E-state index < -0.39 is 0 Å². The van der Waals surface area contributed by atoms with Crippen molar-refractivity contribution in [3.8, 4) is 73.9 Å². The van der Waals surface area contributed by atoms with Gasteiger partial charge in [-0.2, -0.15) is 0 Å². The van der Waals surface area contributed by atoms with Crippen molar-refractivity contribution in [2.75, 3.05) is 0 Å². The zero-order valence-electron chi connectivity index (χ0n) is 42.8.